The maximum absolute atomic E-state index is 12.1. The van der Waals surface area contributed by atoms with Crippen molar-refractivity contribution in [2.24, 2.45) is 0 Å². The van der Waals surface area contributed by atoms with Gasteiger partial charge in [-0.05, 0) is 0 Å². The second kappa shape index (κ2) is 6.58. The molecular formula is C14H16ClN3O3. The largest absolute Gasteiger partial charge is 0.493 e. The van der Waals surface area contributed by atoms with Gasteiger partial charge < -0.3 is 9.47 Å². The van der Waals surface area contributed by atoms with Crippen LogP contribution in [0.15, 0.2) is 23.1 Å². The molecule has 2 aromatic heterocycles. The first kappa shape index (κ1) is 15.3. The summed E-state index contributed by atoms with van der Waals surface area (Å²) in [5.41, 5.74) is 0.372. The number of nitrogens with zero attached hydrogens (tertiary/aromatic N) is 3. The first-order valence-corrected chi connectivity index (χ1v) is 6.80. The molecule has 0 fully saturated rings. The highest BCUT2D eigenvalue weighted by Gasteiger charge is 2.14. The molecule has 0 bridgehead atoms. The van der Waals surface area contributed by atoms with Gasteiger partial charge in [0.2, 0.25) is 0 Å². The Kier molecular flexibility index (Phi) is 4.80. The van der Waals surface area contributed by atoms with E-state index in [1.54, 1.807) is 19.4 Å². The molecule has 6 nitrogen and oxygen atoms in total. The van der Waals surface area contributed by atoms with E-state index in [1.807, 2.05) is 6.92 Å². The zero-order chi connectivity index (χ0) is 15.4. The normalized spacial score (nSPS) is 10.5. The summed E-state index contributed by atoms with van der Waals surface area (Å²) in [4.78, 5) is 20.6. The predicted octanol–water partition coefficient (Wildman–Crippen LogP) is 1.92. The lowest BCUT2D eigenvalue weighted by Gasteiger charge is -2.14. The van der Waals surface area contributed by atoms with E-state index in [-0.39, 0.29) is 17.3 Å². The molecule has 7 heteroatoms. The van der Waals surface area contributed by atoms with E-state index in [4.69, 9.17) is 21.1 Å². The summed E-state index contributed by atoms with van der Waals surface area (Å²) in [5, 5.41) is 0.193. The Balaban J connectivity index is 2.51. The number of aromatic nitrogens is 3. The van der Waals surface area contributed by atoms with Gasteiger partial charge in [0, 0.05) is 24.8 Å². The Hall–Kier alpha value is -2.08. The first-order valence-electron chi connectivity index (χ1n) is 6.42. The van der Waals surface area contributed by atoms with Crippen molar-refractivity contribution in [2.45, 2.75) is 19.9 Å². The number of hydrogen-bond donors (Lipinski definition) is 0. The van der Waals surface area contributed by atoms with Crippen molar-refractivity contribution < 1.29 is 9.47 Å². The van der Waals surface area contributed by atoms with Crippen LogP contribution in [0.25, 0.3) is 0 Å². The van der Waals surface area contributed by atoms with E-state index in [0.717, 1.165) is 0 Å². The monoisotopic (exact) mass is 309 g/mol. The van der Waals surface area contributed by atoms with Crippen LogP contribution in [-0.2, 0) is 13.0 Å². The van der Waals surface area contributed by atoms with Crippen LogP contribution in [0, 0.1) is 0 Å². The fourth-order valence-electron chi connectivity index (χ4n) is 2.08. The van der Waals surface area contributed by atoms with Gasteiger partial charge in [-0.15, -0.1) is 0 Å². The highest BCUT2D eigenvalue weighted by molar-refractivity contribution is 6.29. The van der Waals surface area contributed by atoms with Gasteiger partial charge in [-0.3, -0.25) is 14.3 Å². The van der Waals surface area contributed by atoms with E-state index < -0.39 is 0 Å². The molecule has 112 valence electrons. The molecule has 0 aliphatic carbocycles. The number of methoxy groups -OCH3 is 2. The molecule has 2 aromatic rings. The topological polar surface area (TPSA) is 66.2 Å². The van der Waals surface area contributed by atoms with Gasteiger partial charge in [-0.2, -0.15) is 0 Å². The van der Waals surface area contributed by atoms with Gasteiger partial charge >= 0.3 is 0 Å². The summed E-state index contributed by atoms with van der Waals surface area (Å²) in [6.07, 6.45) is 2.19. The molecule has 0 N–H and O–H groups in total. The Labute approximate surface area is 127 Å². The number of hydrogen-bond acceptors (Lipinski definition) is 5. The van der Waals surface area contributed by atoms with Crippen molar-refractivity contribution >= 4 is 11.6 Å². The summed E-state index contributed by atoms with van der Waals surface area (Å²) in [6, 6.07) is 2.99. The summed E-state index contributed by atoms with van der Waals surface area (Å²) < 4.78 is 12.1. The Morgan fingerprint density at radius 2 is 2.10 bits per heavy atom. The van der Waals surface area contributed by atoms with E-state index >= 15 is 0 Å². The van der Waals surface area contributed by atoms with Crippen LogP contribution in [0.2, 0.25) is 5.15 Å². The minimum atomic E-state index is -0.224. The number of aryl methyl sites for hydroxylation is 1. The first-order chi connectivity index (χ1) is 10.1. The molecule has 0 spiro atoms. The van der Waals surface area contributed by atoms with E-state index in [2.05, 4.69) is 9.97 Å². The zero-order valence-corrected chi connectivity index (χ0v) is 12.8. The third-order valence-electron chi connectivity index (χ3n) is 3.05. The molecule has 0 amide bonds. The molecule has 0 atom stereocenters. The summed E-state index contributed by atoms with van der Waals surface area (Å²) in [7, 11) is 3.09. The minimum Gasteiger partial charge on any atom is -0.493 e. The van der Waals surface area contributed by atoms with Crippen LogP contribution in [0.4, 0.5) is 0 Å². The smallest absolute Gasteiger partial charge is 0.255 e. The number of pyridine rings is 1. The molecule has 0 saturated carbocycles. The van der Waals surface area contributed by atoms with E-state index in [9.17, 15) is 4.79 Å². The molecule has 0 saturated heterocycles. The van der Waals surface area contributed by atoms with Crippen molar-refractivity contribution in [1.29, 1.82) is 0 Å². The van der Waals surface area contributed by atoms with Gasteiger partial charge in [0.1, 0.15) is 16.7 Å². The molecule has 2 heterocycles. The van der Waals surface area contributed by atoms with Crippen LogP contribution >= 0.6 is 11.6 Å². The van der Waals surface area contributed by atoms with Gasteiger partial charge in [0.15, 0.2) is 11.5 Å². The standard InChI is InChI=1S/C14H16ClN3O3/c1-4-12-17-11(15)7-13(19)18(12)8-9-14(21-3)10(20-2)5-6-16-9/h5-7H,4,8H2,1-3H3. The number of ether oxygens (including phenoxy) is 2. The van der Waals surface area contributed by atoms with E-state index in [0.29, 0.717) is 29.4 Å². The summed E-state index contributed by atoms with van der Waals surface area (Å²) in [5.74, 6) is 1.67. The van der Waals surface area contributed by atoms with Crippen LogP contribution in [0.5, 0.6) is 11.5 Å². The fraction of sp³-hybridized carbons (Fsp3) is 0.357. The average molecular weight is 310 g/mol. The second-order valence-corrected chi connectivity index (χ2v) is 4.65. The van der Waals surface area contributed by atoms with Crippen LogP contribution in [0.3, 0.4) is 0 Å². The highest BCUT2D eigenvalue weighted by atomic mass is 35.5. The average Bonchev–Trinajstić information content (AvgIpc) is 2.49. The lowest BCUT2D eigenvalue weighted by molar-refractivity contribution is 0.348. The number of rotatable bonds is 5. The Bertz CT molecular complexity index is 700. The van der Waals surface area contributed by atoms with E-state index in [1.165, 1.54) is 17.7 Å². The fourth-order valence-corrected chi connectivity index (χ4v) is 2.27. The second-order valence-electron chi connectivity index (χ2n) is 4.27. The molecule has 0 aliphatic heterocycles. The maximum Gasteiger partial charge on any atom is 0.255 e. The van der Waals surface area contributed by atoms with Gasteiger partial charge in [-0.25, -0.2) is 4.98 Å². The lowest BCUT2D eigenvalue weighted by Crippen LogP contribution is -2.25. The maximum atomic E-state index is 12.1. The third kappa shape index (κ3) is 3.16. The molecule has 0 aliphatic rings. The van der Waals surface area contributed by atoms with Gasteiger partial charge in [0.25, 0.3) is 5.56 Å². The summed E-state index contributed by atoms with van der Waals surface area (Å²) >= 11 is 5.83. The van der Waals surface area contributed by atoms with Crippen molar-refractivity contribution in [3.63, 3.8) is 0 Å². The quantitative estimate of drug-likeness (QED) is 0.789. The zero-order valence-electron chi connectivity index (χ0n) is 12.1. The van der Waals surface area contributed by atoms with Crippen LogP contribution in [0.1, 0.15) is 18.4 Å². The third-order valence-corrected chi connectivity index (χ3v) is 3.24. The number of halogens is 1. The molecular weight excluding hydrogens is 294 g/mol. The lowest BCUT2D eigenvalue weighted by atomic mass is 10.3. The molecule has 2 rings (SSSR count). The van der Waals surface area contributed by atoms with Gasteiger partial charge in [0.05, 0.1) is 20.8 Å². The van der Waals surface area contributed by atoms with Gasteiger partial charge in [-0.1, -0.05) is 18.5 Å². The SMILES string of the molecule is CCc1nc(Cl)cc(=O)n1Cc1nccc(OC)c1OC. The van der Waals surface area contributed by atoms with Crippen molar-refractivity contribution in [1.82, 2.24) is 14.5 Å². The van der Waals surface area contributed by atoms with Crippen molar-refractivity contribution in [3.8, 4) is 11.5 Å². The van der Waals surface area contributed by atoms with Crippen LogP contribution in [-0.4, -0.2) is 28.8 Å². The summed E-state index contributed by atoms with van der Waals surface area (Å²) in [6.45, 7) is 2.15. The molecule has 0 radical (unpaired) electrons. The molecule has 0 aromatic carbocycles. The highest BCUT2D eigenvalue weighted by Crippen LogP contribution is 2.29. The molecule has 21 heavy (non-hydrogen) atoms. The Morgan fingerprint density at radius 3 is 2.71 bits per heavy atom. The predicted molar refractivity (Wildman–Crippen MR) is 79.3 cm³/mol. The van der Waals surface area contributed by atoms with Crippen molar-refractivity contribution in [3.05, 3.63) is 45.4 Å². The Morgan fingerprint density at radius 1 is 1.33 bits per heavy atom. The molecule has 0 unspecified atom stereocenters. The van der Waals surface area contributed by atoms with Crippen LogP contribution < -0.4 is 15.0 Å². The van der Waals surface area contributed by atoms with Crippen molar-refractivity contribution in [2.75, 3.05) is 14.2 Å². The minimum absolute atomic E-state index is 0.193.